The average Bonchev–Trinajstić information content (AvgIpc) is 2.38. The fourth-order valence-electron chi connectivity index (χ4n) is 2.21. The predicted molar refractivity (Wildman–Crippen MR) is 73.7 cm³/mol. The first-order valence-corrected chi connectivity index (χ1v) is 6.18. The zero-order valence-corrected chi connectivity index (χ0v) is 10.5. The molecule has 5 heteroatoms. The number of anilines is 2. The highest BCUT2D eigenvalue weighted by atomic mass is 15.3. The first kappa shape index (κ1) is 11.2. The van der Waals surface area contributed by atoms with Gasteiger partial charge in [0.15, 0.2) is 0 Å². The predicted octanol–water partition coefficient (Wildman–Crippen LogP) is 0.964. The molecule has 94 valence electrons. The Bertz CT molecular complexity index is 560. The number of piperazine rings is 1. The van der Waals surface area contributed by atoms with Crippen molar-refractivity contribution in [1.29, 1.82) is 0 Å². The molecular weight excluding hydrogens is 226 g/mol. The Labute approximate surface area is 106 Å². The molecule has 1 saturated heterocycles. The smallest absolute Gasteiger partial charge is 0.147 e. The lowest BCUT2D eigenvalue weighted by atomic mass is 10.2. The fraction of sp³-hybridized carbons (Fsp3) is 0.385. The number of hydrogen-bond donors (Lipinski definition) is 1. The van der Waals surface area contributed by atoms with Crippen molar-refractivity contribution < 1.29 is 0 Å². The largest absolute Gasteiger partial charge is 0.399 e. The summed E-state index contributed by atoms with van der Waals surface area (Å²) >= 11 is 0. The van der Waals surface area contributed by atoms with Gasteiger partial charge in [0.25, 0.3) is 0 Å². The summed E-state index contributed by atoms with van der Waals surface area (Å²) in [6, 6.07) is 5.64. The minimum absolute atomic E-state index is 0.729. The van der Waals surface area contributed by atoms with E-state index in [-0.39, 0.29) is 0 Å². The molecule has 0 saturated carbocycles. The number of rotatable bonds is 1. The monoisotopic (exact) mass is 243 g/mol. The van der Waals surface area contributed by atoms with Crippen molar-refractivity contribution in [1.82, 2.24) is 14.9 Å². The summed E-state index contributed by atoms with van der Waals surface area (Å²) in [7, 11) is 2.14. The minimum atomic E-state index is 0.729. The number of hydrogen-bond acceptors (Lipinski definition) is 5. The molecule has 1 aromatic heterocycles. The Morgan fingerprint density at radius 2 is 1.89 bits per heavy atom. The number of likely N-dealkylation sites (N-methyl/N-ethyl adjacent to an activating group) is 1. The number of nitrogens with zero attached hydrogens (tertiary/aromatic N) is 4. The molecule has 0 atom stereocenters. The lowest BCUT2D eigenvalue weighted by molar-refractivity contribution is 0.312. The summed E-state index contributed by atoms with van der Waals surface area (Å²) < 4.78 is 0. The van der Waals surface area contributed by atoms with Crippen LogP contribution in [0.25, 0.3) is 11.0 Å². The van der Waals surface area contributed by atoms with E-state index in [1.165, 1.54) is 0 Å². The van der Waals surface area contributed by atoms with E-state index in [1.54, 1.807) is 0 Å². The van der Waals surface area contributed by atoms with Gasteiger partial charge in [-0.05, 0) is 25.2 Å². The number of nitrogen functional groups attached to an aromatic ring is 1. The van der Waals surface area contributed by atoms with Gasteiger partial charge in [0.1, 0.15) is 5.82 Å². The molecule has 2 N–H and O–H groups in total. The second kappa shape index (κ2) is 4.42. The van der Waals surface area contributed by atoms with Crippen LogP contribution < -0.4 is 10.6 Å². The number of aromatic nitrogens is 2. The van der Waals surface area contributed by atoms with E-state index in [4.69, 9.17) is 5.73 Å². The van der Waals surface area contributed by atoms with Gasteiger partial charge in [-0.3, -0.25) is 4.98 Å². The van der Waals surface area contributed by atoms with Gasteiger partial charge in [-0.1, -0.05) is 0 Å². The van der Waals surface area contributed by atoms with Crippen molar-refractivity contribution in [3.63, 3.8) is 0 Å². The number of fused-ring (bicyclic) bond motifs is 1. The van der Waals surface area contributed by atoms with Crippen LogP contribution in [0, 0.1) is 0 Å². The van der Waals surface area contributed by atoms with Gasteiger partial charge in [-0.25, -0.2) is 4.98 Å². The third-order valence-corrected chi connectivity index (χ3v) is 3.38. The summed E-state index contributed by atoms with van der Waals surface area (Å²) in [5.41, 5.74) is 8.27. The van der Waals surface area contributed by atoms with E-state index in [1.807, 2.05) is 24.4 Å². The SMILES string of the molecule is CN1CCN(c2cnc3ccc(N)cc3n2)CC1. The standard InChI is InChI=1S/C13H17N5/c1-17-4-6-18(7-5-17)13-9-15-11-3-2-10(14)8-12(11)16-13/h2-3,8-9H,4-7,14H2,1H3. The highest BCUT2D eigenvalue weighted by Gasteiger charge is 2.15. The van der Waals surface area contributed by atoms with Gasteiger partial charge < -0.3 is 15.5 Å². The molecule has 0 unspecified atom stereocenters. The van der Waals surface area contributed by atoms with Crippen LogP contribution in [-0.4, -0.2) is 48.1 Å². The molecule has 0 spiro atoms. The molecule has 2 aromatic rings. The fourth-order valence-corrected chi connectivity index (χ4v) is 2.21. The number of benzene rings is 1. The molecule has 0 aliphatic carbocycles. The summed E-state index contributed by atoms with van der Waals surface area (Å²) in [6.45, 7) is 4.13. The van der Waals surface area contributed by atoms with Crippen molar-refractivity contribution in [3.05, 3.63) is 24.4 Å². The average molecular weight is 243 g/mol. The van der Waals surface area contributed by atoms with Crippen molar-refractivity contribution in [2.45, 2.75) is 0 Å². The molecule has 3 rings (SSSR count). The molecule has 0 bridgehead atoms. The van der Waals surface area contributed by atoms with Crippen LogP contribution in [0.4, 0.5) is 11.5 Å². The molecule has 0 radical (unpaired) electrons. The van der Waals surface area contributed by atoms with Gasteiger partial charge in [0, 0.05) is 31.9 Å². The Kier molecular flexibility index (Phi) is 2.76. The van der Waals surface area contributed by atoms with Crippen molar-refractivity contribution >= 4 is 22.5 Å². The molecule has 1 aliphatic rings. The lowest BCUT2D eigenvalue weighted by Crippen LogP contribution is -2.44. The van der Waals surface area contributed by atoms with E-state index in [0.29, 0.717) is 0 Å². The highest BCUT2D eigenvalue weighted by molar-refractivity contribution is 5.79. The van der Waals surface area contributed by atoms with Crippen LogP contribution in [0.15, 0.2) is 24.4 Å². The Balaban J connectivity index is 1.92. The van der Waals surface area contributed by atoms with Crippen LogP contribution in [0.3, 0.4) is 0 Å². The normalized spacial score (nSPS) is 17.3. The van der Waals surface area contributed by atoms with Crippen LogP contribution in [0.1, 0.15) is 0 Å². The number of nitrogens with two attached hydrogens (primary N) is 1. The van der Waals surface area contributed by atoms with E-state index in [0.717, 1.165) is 48.7 Å². The van der Waals surface area contributed by atoms with Gasteiger partial charge in [0.2, 0.25) is 0 Å². The van der Waals surface area contributed by atoms with E-state index in [2.05, 4.69) is 26.8 Å². The second-order valence-electron chi connectivity index (χ2n) is 4.77. The molecule has 18 heavy (non-hydrogen) atoms. The maximum absolute atomic E-state index is 5.78. The van der Waals surface area contributed by atoms with Crippen molar-refractivity contribution in [2.75, 3.05) is 43.9 Å². The topological polar surface area (TPSA) is 58.3 Å². The van der Waals surface area contributed by atoms with Crippen LogP contribution >= 0.6 is 0 Å². The third-order valence-electron chi connectivity index (χ3n) is 3.38. The molecule has 5 nitrogen and oxygen atoms in total. The first-order valence-electron chi connectivity index (χ1n) is 6.18. The molecule has 0 amide bonds. The van der Waals surface area contributed by atoms with Crippen molar-refractivity contribution in [2.24, 2.45) is 0 Å². The van der Waals surface area contributed by atoms with E-state index < -0.39 is 0 Å². The Morgan fingerprint density at radius 1 is 1.11 bits per heavy atom. The Morgan fingerprint density at radius 3 is 2.67 bits per heavy atom. The maximum atomic E-state index is 5.78. The van der Waals surface area contributed by atoms with Crippen LogP contribution in [0.5, 0.6) is 0 Å². The summed E-state index contributed by atoms with van der Waals surface area (Å²) in [4.78, 5) is 13.7. The third kappa shape index (κ3) is 2.09. The zero-order chi connectivity index (χ0) is 12.5. The maximum Gasteiger partial charge on any atom is 0.147 e. The Hall–Kier alpha value is -1.88. The molecular formula is C13H17N5. The molecule has 1 fully saturated rings. The van der Waals surface area contributed by atoms with Gasteiger partial charge in [0.05, 0.1) is 17.2 Å². The highest BCUT2D eigenvalue weighted by Crippen LogP contribution is 2.18. The van der Waals surface area contributed by atoms with E-state index >= 15 is 0 Å². The molecule has 1 aromatic carbocycles. The van der Waals surface area contributed by atoms with Gasteiger partial charge in [-0.2, -0.15) is 0 Å². The second-order valence-corrected chi connectivity index (χ2v) is 4.77. The van der Waals surface area contributed by atoms with E-state index in [9.17, 15) is 0 Å². The minimum Gasteiger partial charge on any atom is -0.399 e. The lowest BCUT2D eigenvalue weighted by Gasteiger charge is -2.33. The summed E-state index contributed by atoms with van der Waals surface area (Å²) in [6.07, 6.45) is 1.85. The van der Waals surface area contributed by atoms with Gasteiger partial charge in [-0.15, -0.1) is 0 Å². The zero-order valence-electron chi connectivity index (χ0n) is 10.5. The molecule has 1 aliphatic heterocycles. The van der Waals surface area contributed by atoms with Crippen molar-refractivity contribution in [3.8, 4) is 0 Å². The van der Waals surface area contributed by atoms with Gasteiger partial charge >= 0.3 is 0 Å². The molecule has 2 heterocycles. The summed E-state index contributed by atoms with van der Waals surface area (Å²) in [5.74, 6) is 0.946. The quantitative estimate of drug-likeness (QED) is 0.756. The van der Waals surface area contributed by atoms with Crippen LogP contribution in [-0.2, 0) is 0 Å². The summed E-state index contributed by atoms with van der Waals surface area (Å²) in [5, 5.41) is 0. The van der Waals surface area contributed by atoms with Crippen LogP contribution in [0.2, 0.25) is 0 Å². The first-order chi connectivity index (χ1) is 8.72.